The lowest BCUT2D eigenvalue weighted by atomic mass is 9.75. The van der Waals surface area contributed by atoms with Crippen molar-refractivity contribution in [2.75, 3.05) is 26.2 Å². The van der Waals surface area contributed by atoms with Crippen LogP contribution in [0.4, 0.5) is 0 Å². The van der Waals surface area contributed by atoms with Gasteiger partial charge in [-0.1, -0.05) is 13.3 Å². The zero-order valence-corrected chi connectivity index (χ0v) is 12.4. The summed E-state index contributed by atoms with van der Waals surface area (Å²) in [4.78, 5) is 25.8. The van der Waals surface area contributed by atoms with Crippen molar-refractivity contribution < 1.29 is 14.7 Å². The molecule has 0 aromatic heterocycles. The van der Waals surface area contributed by atoms with Crippen molar-refractivity contribution in [2.24, 2.45) is 11.3 Å². The Morgan fingerprint density at radius 1 is 1.35 bits per heavy atom. The second-order valence-electron chi connectivity index (χ2n) is 6.20. The predicted molar refractivity (Wildman–Crippen MR) is 76.4 cm³/mol. The molecule has 2 saturated heterocycles. The minimum Gasteiger partial charge on any atom is -0.481 e. The minimum atomic E-state index is -0.689. The molecule has 2 aliphatic heterocycles. The number of nitrogens with one attached hydrogen (secondary N) is 1. The molecule has 0 aromatic carbocycles. The first-order chi connectivity index (χ1) is 9.59. The average Bonchev–Trinajstić information content (AvgIpc) is 2.48. The van der Waals surface area contributed by atoms with Gasteiger partial charge < -0.3 is 15.3 Å². The Balaban J connectivity index is 1.92. The standard InChI is InChI=1S/C15H26N2O3/c1-2-5-15(14(19)20)6-9-17(10-7-15)13(18)12-4-3-8-16-11-12/h12,16H,2-11H2,1H3,(H,19,20). The Morgan fingerprint density at radius 3 is 2.55 bits per heavy atom. The van der Waals surface area contributed by atoms with E-state index in [0.29, 0.717) is 25.9 Å². The Hall–Kier alpha value is -1.10. The summed E-state index contributed by atoms with van der Waals surface area (Å²) in [5.41, 5.74) is -0.601. The highest BCUT2D eigenvalue weighted by molar-refractivity contribution is 5.80. The van der Waals surface area contributed by atoms with Crippen LogP contribution in [0.15, 0.2) is 0 Å². The van der Waals surface area contributed by atoms with E-state index in [1.807, 2.05) is 11.8 Å². The number of nitrogens with zero attached hydrogens (tertiary/aromatic N) is 1. The Bertz CT molecular complexity index is 356. The molecule has 2 fully saturated rings. The molecule has 5 nitrogen and oxygen atoms in total. The normalized spacial score (nSPS) is 26.2. The summed E-state index contributed by atoms with van der Waals surface area (Å²) in [5, 5.41) is 12.7. The van der Waals surface area contributed by atoms with Crippen molar-refractivity contribution in [2.45, 2.75) is 45.4 Å². The topological polar surface area (TPSA) is 69.6 Å². The highest BCUT2D eigenvalue weighted by Crippen LogP contribution is 2.37. The zero-order chi connectivity index (χ0) is 14.6. The Labute approximate surface area is 120 Å². The third kappa shape index (κ3) is 3.14. The van der Waals surface area contributed by atoms with Gasteiger partial charge in [-0.3, -0.25) is 9.59 Å². The SMILES string of the molecule is CCCC1(C(=O)O)CCN(C(=O)C2CCCNC2)CC1. The van der Waals surface area contributed by atoms with Crippen LogP contribution in [0.5, 0.6) is 0 Å². The minimum absolute atomic E-state index is 0.0900. The number of carboxylic acid groups (broad SMARTS) is 1. The summed E-state index contributed by atoms with van der Waals surface area (Å²) in [5.74, 6) is -0.384. The summed E-state index contributed by atoms with van der Waals surface area (Å²) in [7, 11) is 0. The summed E-state index contributed by atoms with van der Waals surface area (Å²) >= 11 is 0. The van der Waals surface area contributed by atoms with E-state index in [9.17, 15) is 14.7 Å². The number of hydrogen-bond acceptors (Lipinski definition) is 3. The Kier molecular flexibility index (Phi) is 5.02. The van der Waals surface area contributed by atoms with Crippen LogP contribution in [0, 0.1) is 11.3 Å². The van der Waals surface area contributed by atoms with Crippen LogP contribution in [0.1, 0.15) is 45.4 Å². The number of rotatable bonds is 4. The fourth-order valence-corrected chi connectivity index (χ4v) is 3.53. The van der Waals surface area contributed by atoms with Crippen molar-refractivity contribution in [1.29, 1.82) is 0 Å². The van der Waals surface area contributed by atoms with E-state index in [2.05, 4.69) is 5.32 Å². The number of aliphatic carboxylic acids is 1. The molecule has 1 unspecified atom stereocenters. The first kappa shape index (κ1) is 15.3. The highest BCUT2D eigenvalue weighted by Gasteiger charge is 2.42. The number of amides is 1. The fraction of sp³-hybridized carbons (Fsp3) is 0.867. The molecule has 0 radical (unpaired) electrons. The molecule has 5 heteroatoms. The molecule has 2 N–H and O–H groups in total. The summed E-state index contributed by atoms with van der Waals surface area (Å²) in [6.45, 7) is 5.00. The van der Waals surface area contributed by atoms with E-state index >= 15 is 0 Å². The van der Waals surface area contributed by atoms with Gasteiger partial charge in [-0.15, -0.1) is 0 Å². The summed E-state index contributed by atoms with van der Waals surface area (Å²) in [6, 6.07) is 0. The molecule has 2 rings (SSSR count). The van der Waals surface area contributed by atoms with Gasteiger partial charge in [-0.25, -0.2) is 0 Å². The molecule has 0 aromatic rings. The van der Waals surface area contributed by atoms with Crippen LogP contribution in [-0.2, 0) is 9.59 Å². The van der Waals surface area contributed by atoms with Gasteiger partial charge in [-0.2, -0.15) is 0 Å². The zero-order valence-electron chi connectivity index (χ0n) is 12.4. The lowest BCUT2D eigenvalue weighted by Gasteiger charge is -2.40. The molecule has 1 atom stereocenters. The lowest BCUT2D eigenvalue weighted by molar-refractivity contribution is -0.155. The Morgan fingerprint density at radius 2 is 2.05 bits per heavy atom. The van der Waals surface area contributed by atoms with Gasteiger partial charge in [0.25, 0.3) is 0 Å². The molecule has 114 valence electrons. The lowest BCUT2D eigenvalue weighted by Crippen LogP contribution is -2.50. The maximum atomic E-state index is 12.4. The van der Waals surface area contributed by atoms with Crippen molar-refractivity contribution in [3.05, 3.63) is 0 Å². The number of hydrogen-bond donors (Lipinski definition) is 2. The molecule has 0 saturated carbocycles. The van der Waals surface area contributed by atoms with E-state index in [1.165, 1.54) is 0 Å². The maximum Gasteiger partial charge on any atom is 0.309 e. The van der Waals surface area contributed by atoms with Crippen LogP contribution in [-0.4, -0.2) is 48.1 Å². The van der Waals surface area contributed by atoms with Crippen LogP contribution < -0.4 is 5.32 Å². The average molecular weight is 282 g/mol. The van der Waals surface area contributed by atoms with Crippen LogP contribution >= 0.6 is 0 Å². The van der Waals surface area contributed by atoms with Gasteiger partial charge in [0.2, 0.25) is 5.91 Å². The number of likely N-dealkylation sites (tertiary alicyclic amines) is 1. The van der Waals surface area contributed by atoms with Gasteiger partial charge in [-0.05, 0) is 38.6 Å². The molecule has 20 heavy (non-hydrogen) atoms. The van der Waals surface area contributed by atoms with Gasteiger partial charge in [0.05, 0.1) is 11.3 Å². The van der Waals surface area contributed by atoms with Gasteiger partial charge >= 0.3 is 5.97 Å². The quantitative estimate of drug-likeness (QED) is 0.819. The van der Waals surface area contributed by atoms with Gasteiger partial charge in [0.15, 0.2) is 0 Å². The van der Waals surface area contributed by atoms with Crippen LogP contribution in [0.25, 0.3) is 0 Å². The number of carbonyl (C=O) groups excluding carboxylic acids is 1. The molecule has 2 heterocycles. The third-order valence-corrected chi connectivity index (χ3v) is 4.86. The van der Waals surface area contributed by atoms with Crippen LogP contribution in [0.2, 0.25) is 0 Å². The number of carbonyl (C=O) groups is 2. The van der Waals surface area contributed by atoms with Crippen molar-refractivity contribution in [1.82, 2.24) is 10.2 Å². The monoisotopic (exact) mass is 282 g/mol. The fourth-order valence-electron chi connectivity index (χ4n) is 3.53. The molecule has 0 spiro atoms. The largest absolute Gasteiger partial charge is 0.481 e. The van der Waals surface area contributed by atoms with Crippen LogP contribution in [0.3, 0.4) is 0 Å². The first-order valence-electron chi connectivity index (χ1n) is 7.82. The van der Waals surface area contributed by atoms with E-state index in [0.717, 1.165) is 38.8 Å². The van der Waals surface area contributed by atoms with E-state index in [-0.39, 0.29) is 11.8 Å². The first-order valence-corrected chi connectivity index (χ1v) is 7.82. The third-order valence-electron chi connectivity index (χ3n) is 4.86. The molecule has 0 bridgehead atoms. The second kappa shape index (κ2) is 6.57. The summed E-state index contributed by atoms with van der Waals surface area (Å²) in [6.07, 6.45) is 4.81. The maximum absolute atomic E-state index is 12.4. The summed E-state index contributed by atoms with van der Waals surface area (Å²) < 4.78 is 0. The van der Waals surface area contributed by atoms with E-state index in [1.54, 1.807) is 0 Å². The molecule has 1 amide bonds. The molecule has 2 aliphatic rings. The molecule has 0 aliphatic carbocycles. The second-order valence-corrected chi connectivity index (χ2v) is 6.20. The van der Waals surface area contributed by atoms with Gasteiger partial charge in [0.1, 0.15) is 0 Å². The van der Waals surface area contributed by atoms with Crippen molar-refractivity contribution >= 4 is 11.9 Å². The van der Waals surface area contributed by atoms with E-state index < -0.39 is 11.4 Å². The van der Waals surface area contributed by atoms with E-state index in [4.69, 9.17) is 0 Å². The number of piperidine rings is 2. The van der Waals surface area contributed by atoms with Crippen molar-refractivity contribution in [3.63, 3.8) is 0 Å². The predicted octanol–water partition coefficient (Wildman–Crippen LogP) is 1.48. The highest BCUT2D eigenvalue weighted by atomic mass is 16.4. The molecular formula is C15H26N2O3. The smallest absolute Gasteiger partial charge is 0.309 e. The molecular weight excluding hydrogens is 256 g/mol. The number of carboxylic acids is 1. The van der Waals surface area contributed by atoms with Gasteiger partial charge in [0, 0.05) is 19.6 Å². The van der Waals surface area contributed by atoms with Crippen molar-refractivity contribution in [3.8, 4) is 0 Å².